The maximum absolute atomic E-state index is 3.61. The molecule has 1 aliphatic rings. The van der Waals surface area contributed by atoms with E-state index in [2.05, 4.69) is 59.1 Å². The fourth-order valence-corrected chi connectivity index (χ4v) is 3.35. The van der Waals surface area contributed by atoms with Gasteiger partial charge in [0.1, 0.15) is 0 Å². The Labute approximate surface area is 103 Å². The van der Waals surface area contributed by atoms with Crippen LogP contribution in [0.2, 0.25) is 0 Å². The van der Waals surface area contributed by atoms with Gasteiger partial charge in [0, 0.05) is 9.61 Å². The van der Waals surface area contributed by atoms with Crippen LogP contribution in [0.5, 0.6) is 0 Å². The van der Waals surface area contributed by atoms with E-state index in [-0.39, 0.29) is 0 Å². The molecule has 1 nitrogen and oxygen atoms in total. The number of thioether (sulfide) groups is 1. The molecule has 1 heterocycles. The minimum absolute atomic E-state index is 0.496. The zero-order chi connectivity index (χ0) is 9.97. The summed E-state index contributed by atoms with van der Waals surface area (Å²) in [7, 11) is 0. The van der Waals surface area contributed by atoms with Gasteiger partial charge in [-0.15, -0.1) is 11.8 Å². The lowest BCUT2D eigenvalue weighted by molar-refractivity contribution is 0.512. The maximum atomic E-state index is 3.61. The Balaban J connectivity index is 2.10. The number of benzene rings is 1. The van der Waals surface area contributed by atoms with Gasteiger partial charge in [-0.1, -0.05) is 12.1 Å². The molecule has 1 fully saturated rings. The van der Waals surface area contributed by atoms with Gasteiger partial charge >= 0.3 is 0 Å². The molecule has 0 spiro atoms. The molecule has 76 valence electrons. The van der Waals surface area contributed by atoms with Crippen molar-refractivity contribution in [1.82, 2.24) is 5.32 Å². The van der Waals surface area contributed by atoms with Gasteiger partial charge in [0.05, 0.1) is 5.37 Å². The van der Waals surface area contributed by atoms with Crippen LogP contribution in [0, 0.1) is 3.57 Å². The minimum Gasteiger partial charge on any atom is -0.299 e. The Kier molecular flexibility index (Phi) is 3.73. The first-order chi connectivity index (χ1) is 6.75. The average Bonchev–Trinajstić information content (AvgIpc) is 2.19. The van der Waals surface area contributed by atoms with E-state index >= 15 is 0 Å². The Morgan fingerprint density at radius 2 is 2.07 bits per heavy atom. The third-order valence-corrected chi connectivity index (χ3v) is 4.38. The highest BCUT2D eigenvalue weighted by Gasteiger charge is 2.19. The highest BCUT2D eigenvalue weighted by atomic mass is 127. The predicted molar refractivity (Wildman–Crippen MR) is 71.6 cm³/mol. The van der Waals surface area contributed by atoms with Crippen molar-refractivity contribution in [2.75, 3.05) is 5.75 Å². The standard InChI is InChI=1S/C11H14INS/c1-8-6-7-14-11(13-8)9-2-4-10(12)5-3-9/h2-5,8,11,13H,6-7H2,1H3. The molecular weight excluding hydrogens is 305 g/mol. The van der Waals surface area contributed by atoms with Crippen molar-refractivity contribution >= 4 is 34.4 Å². The van der Waals surface area contributed by atoms with Crippen LogP contribution in [0.1, 0.15) is 24.3 Å². The van der Waals surface area contributed by atoms with Crippen LogP contribution < -0.4 is 5.32 Å². The Bertz CT molecular complexity index is 299. The number of hydrogen-bond donors (Lipinski definition) is 1. The van der Waals surface area contributed by atoms with E-state index in [1.807, 2.05) is 11.8 Å². The minimum atomic E-state index is 0.496. The maximum Gasteiger partial charge on any atom is 0.0791 e. The summed E-state index contributed by atoms with van der Waals surface area (Å²) in [6, 6.07) is 9.46. The third-order valence-electron chi connectivity index (χ3n) is 2.44. The predicted octanol–water partition coefficient (Wildman–Crippen LogP) is 3.40. The van der Waals surface area contributed by atoms with Gasteiger partial charge in [-0.25, -0.2) is 0 Å². The van der Waals surface area contributed by atoms with Gasteiger partial charge in [-0.3, -0.25) is 5.32 Å². The molecule has 14 heavy (non-hydrogen) atoms. The van der Waals surface area contributed by atoms with Gasteiger partial charge < -0.3 is 0 Å². The zero-order valence-corrected chi connectivity index (χ0v) is 11.1. The highest BCUT2D eigenvalue weighted by Crippen LogP contribution is 2.31. The van der Waals surface area contributed by atoms with Crippen molar-refractivity contribution in [3.8, 4) is 0 Å². The number of rotatable bonds is 1. The Morgan fingerprint density at radius 3 is 2.71 bits per heavy atom. The molecule has 0 aromatic heterocycles. The van der Waals surface area contributed by atoms with Crippen LogP contribution in [0.25, 0.3) is 0 Å². The van der Waals surface area contributed by atoms with E-state index in [9.17, 15) is 0 Å². The van der Waals surface area contributed by atoms with E-state index < -0.39 is 0 Å². The first-order valence-electron chi connectivity index (χ1n) is 4.89. The van der Waals surface area contributed by atoms with Crippen LogP contribution >= 0.6 is 34.4 Å². The number of hydrogen-bond acceptors (Lipinski definition) is 2. The molecule has 0 amide bonds. The van der Waals surface area contributed by atoms with Gasteiger partial charge in [-0.05, 0) is 59.4 Å². The van der Waals surface area contributed by atoms with E-state index in [1.54, 1.807) is 0 Å². The van der Waals surface area contributed by atoms with Crippen LogP contribution in [-0.2, 0) is 0 Å². The van der Waals surface area contributed by atoms with Crippen molar-refractivity contribution in [2.24, 2.45) is 0 Å². The molecule has 1 aliphatic heterocycles. The van der Waals surface area contributed by atoms with E-state index in [0.717, 1.165) is 0 Å². The summed E-state index contributed by atoms with van der Waals surface area (Å²) in [5.41, 5.74) is 1.40. The summed E-state index contributed by atoms with van der Waals surface area (Å²) >= 11 is 4.36. The van der Waals surface area contributed by atoms with Gasteiger partial charge in [-0.2, -0.15) is 0 Å². The molecule has 2 unspecified atom stereocenters. The molecule has 0 saturated carbocycles. The smallest absolute Gasteiger partial charge is 0.0791 e. The molecule has 0 bridgehead atoms. The third kappa shape index (κ3) is 2.64. The first kappa shape index (κ1) is 10.8. The summed E-state index contributed by atoms with van der Waals surface area (Å²) in [5.74, 6) is 1.27. The molecule has 1 saturated heterocycles. The van der Waals surface area contributed by atoms with Crippen molar-refractivity contribution in [3.63, 3.8) is 0 Å². The SMILES string of the molecule is CC1CCSC(c2ccc(I)cc2)N1. The monoisotopic (exact) mass is 319 g/mol. The summed E-state index contributed by atoms with van der Waals surface area (Å²) in [4.78, 5) is 0. The normalized spacial score (nSPS) is 27.6. The largest absolute Gasteiger partial charge is 0.299 e. The Hall–Kier alpha value is 0.260. The van der Waals surface area contributed by atoms with Crippen LogP contribution in [0.4, 0.5) is 0 Å². The molecule has 2 atom stereocenters. The van der Waals surface area contributed by atoms with Crippen LogP contribution in [0.15, 0.2) is 24.3 Å². The average molecular weight is 319 g/mol. The first-order valence-corrected chi connectivity index (χ1v) is 7.01. The molecule has 0 radical (unpaired) electrons. The van der Waals surface area contributed by atoms with E-state index in [4.69, 9.17) is 0 Å². The molecule has 0 aliphatic carbocycles. The van der Waals surface area contributed by atoms with Crippen LogP contribution in [-0.4, -0.2) is 11.8 Å². The lowest BCUT2D eigenvalue weighted by Crippen LogP contribution is -2.33. The van der Waals surface area contributed by atoms with Crippen molar-refractivity contribution < 1.29 is 0 Å². The number of halogens is 1. The molecule has 1 N–H and O–H groups in total. The lowest BCUT2D eigenvalue weighted by atomic mass is 10.2. The number of nitrogens with one attached hydrogen (secondary N) is 1. The molecule has 1 aromatic carbocycles. The van der Waals surface area contributed by atoms with Crippen LogP contribution in [0.3, 0.4) is 0 Å². The van der Waals surface area contributed by atoms with Crippen molar-refractivity contribution in [2.45, 2.75) is 24.8 Å². The molecule has 3 heteroatoms. The summed E-state index contributed by atoms with van der Waals surface area (Å²) < 4.78 is 1.31. The summed E-state index contributed by atoms with van der Waals surface area (Å²) in [6.07, 6.45) is 1.28. The van der Waals surface area contributed by atoms with Crippen molar-refractivity contribution in [3.05, 3.63) is 33.4 Å². The quantitative estimate of drug-likeness (QED) is 0.796. The van der Waals surface area contributed by atoms with Gasteiger partial charge in [0.25, 0.3) is 0 Å². The van der Waals surface area contributed by atoms with Crippen molar-refractivity contribution in [1.29, 1.82) is 0 Å². The fraction of sp³-hybridized carbons (Fsp3) is 0.455. The second-order valence-electron chi connectivity index (χ2n) is 3.66. The second-order valence-corrected chi connectivity index (χ2v) is 6.12. The van der Waals surface area contributed by atoms with Gasteiger partial charge in [0.15, 0.2) is 0 Å². The Morgan fingerprint density at radius 1 is 1.36 bits per heavy atom. The van der Waals surface area contributed by atoms with Gasteiger partial charge in [0.2, 0.25) is 0 Å². The lowest BCUT2D eigenvalue weighted by Gasteiger charge is -2.28. The molecule has 1 aromatic rings. The summed E-state index contributed by atoms with van der Waals surface area (Å²) in [5, 5.41) is 4.11. The van der Waals surface area contributed by atoms with E-state index in [1.165, 1.54) is 21.3 Å². The summed E-state index contributed by atoms with van der Waals surface area (Å²) in [6.45, 7) is 2.26. The topological polar surface area (TPSA) is 12.0 Å². The fourth-order valence-electron chi connectivity index (χ4n) is 1.58. The highest BCUT2D eigenvalue weighted by molar-refractivity contribution is 14.1. The second kappa shape index (κ2) is 4.86. The van der Waals surface area contributed by atoms with E-state index in [0.29, 0.717) is 11.4 Å². The zero-order valence-electron chi connectivity index (χ0n) is 8.16. The molecule has 2 rings (SSSR count). The molecular formula is C11H14INS.